The van der Waals surface area contributed by atoms with Crippen LogP contribution in [0.3, 0.4) is 0 Å². The third-order valence-electron chi connectivity index (χ3n) is 6.77. The second-order valence-corrected chi connectivity index (χ2v) is 9.50. The first-order valence-electron chi connectivity index (χ1n) is 12.9. The van der Waals surface area contributed by atoms with Crippen LogP contribution in [0.25, 0.3) is 0 Å². The molecule has 3 rings (SSSR count). The van der Waals surface area contributed by atoms with Gasteiger partial charge in [0.2, 0.25) is 5.88 Å². The first-order valence-corrected chi connectivity index (χ1v) is 12.9. The van der Waals surface area contributed by atoms with Crippen molar-refractivity contribution in [2.75, 3.05) is 50.2 Å². The summed E-state index contributed by atoms with van der Waals surface area (Å²) >= 11 is 0. The van der Waals surface area contributed by atoms with Gasteiger partial charge in [-0.05, 0) is 37.8 Å². The molecule has 0 bridgehead atoms. The number of carbonyl (C=O) groups excluding carboxylic acids is 2. The number of esters is 2. The Balaban J connectivity index is 1.64. The SMILES string of the molecule is CC(CCNc1ncoc1NCCC(C)(C(=O)OCCO)c1ccccc1)(C(=O)OCCO)c1ccccc1. The first kappa shape index (κ1) is 29.7. The normalized spacial score (nSPS) is 14.1. The molecule has 39 heavy (non-hydrogen) atoms. The molecule has 0 amide bonds. The minimum atomic E-state index is -0.941. The maximum atomic E-state index is 12.9. The highest BCUT2D eigenvalue weighted by molar-refractivity contribution is 5.83. The van der Waals surface area contributed by atoms with Gasteiger partial charge in [0, 0.05) is 13.1 Å². The zero-order valence-corrected chi connectivity index (χ0v) is 22.4. The molecule has 2 atom stereocenters. The van der Waals surface area contributed by atoms with Crippen LogP contribution < -0.4 is 10.6 Å². The number of oxazole rings is 1. The van der Waals surface area contributed by atoms with E-state index in [0.29, 0.717) is 37.6 Å². The van der Waals surface area contributed by atoms with Gasteiger partial charge in [0.25, 0.3) is 0 Å². The molecule has 0 aliphatic carbocycles. The number of anilines is 2. The molecule has 4 N–H and O–H groups in total. The fraction of sp³-hybridized carbons (Fsp3) is 0.414. The van der Waals surface area contributed by atoms with E-state index in [9.17, 15) is 9.59 Å². The summed E-state index contributed by atoms with van der Waals surface area (Å²) < 4.78 is 16.1. The molecule has 0 aliphatic rings. The van der Waals surface area contributed by atoms with Crippen LogP contribution in [0.4, 0.5) is 11.7 Å². The summed E-state index contributed by atoms with van der Waals surface area (Å²) in [7, 11) is 0. The molecular weight excluding hydrogens is 502 g/mol. The Labute approximate surface area is 228 Å². The van der Waals surface area contributed by atoms with Crippen LogP contribution in [0.1, 0.15) is 37.8 Å². The molecule has 0 fully saturated rings. The van der Waals surface area contributed by atoms with E-state index in [1.807, 2.05) is 74.5 Å². The Morgan fingerprint density at radius 1 is 0.795 bits per heavy atom. The maximum Gasteiger partial charge on any atom is 0.316 e. The Morgan fingerprint density at radius 2 is 1.26 bits per heavy atom. The number of benzene rings is 2. The predicted octanol–water partition coefficient (Wildman–Crippen LogP) is 3.27. The molecule has 1 heterocycles. The Morgan fingerprint density at radius 3 is 1.72 bits per heavy atom. The molecule has 1 aromatic heterocycles. The molecule has 0 saturated heterocycles. The van der Waals surface area contributed by atoms with Gasteiger partial charge in [-0.1, -0.05) is 60.7 Å². The number of carbonyl (C=O) groups is 2. The molecule has 10 nitrogen and oxygen atoms in total. The number of aliphatic hydroxyl groups excluding tert-OH is 2. The van der Waals surface area contributed by atoms with E-state index < -0.39 is 22.8 Å². The van der Waals surface area contributed by atoms with Gasteiger partial charge in [0.15, 0.2) is 12.2 Å². The predicted molar refractivity (Wildman–Crippen MR) is 146 cm³/mol. The number of nitrogens with zero attached hydrogens (tertiary/aromatic N) is 1. The lowest BCUT2D eigenvalue weighted by Crippen LogP contribution is -2.37. The van der Waals surface area contributed by atoms with E-state index in [1.165, 1.54) is 6.39 Å². The van der Waals surface area contributed by atoms with Crippen molar-refractivity contribution in [2.45, 2.75) is 37.5 Å². The number of nitrogens with one attached hydrogen (secondary N) is 2. The van der Waals surface area contributed by atoms with Crippen LogP contribution in [0.2, 0.25) is 0 Å². The van der Waals surface area contributed by atoms with Crippen molar-refractivity contribution in [3.05, 3.63) is 78.2 Å². The topological polar surface area (TPSA) is 143 Å². The van der Waals surface area contributed by atoms with Gasteiger partial charge in [0.1, 0.15) is 13.2 Å². The van der Waals surface area contributed by atoms with Crippen molar-refractivity contribution >= 4 is 23.6 Å². The first-order chi connectivity index (χ1) is 18.8. The highest BCUT2D eigenvalue weighted by atomic mass is 16.5. The van der Waals surface area contributed by atoms with Crippen LogP contribution in [-0.2, 0) is 29.9 Å². The third-order valence-corrected chi connectivity index (χ3v) is 6.77. The molecule has 2 unspecified atom stereocenters. The zero-order chi connectivity index (χ0) is 28.1. The summed E-state index contributed by atoms with van der Waals surface area (Å²) in [5.74, 6) is 0.0295. The lowest BCUT2D eigenvalue weighted by Gasteiger charge is -2.28. The Kier molecular flexibility index (Phi) is 10.9. The number of hydrogen-bond acceptors (Lipinski definition) is 10. The number of aliphatic hydroxyl groups is 2. The minimum Gasteiger partial charge on any atom is -0.463 e. The van der Waals surface area contributed by atoms with Crippen molar-refractivity contribution in [1.29, 1.82) is 0 Å². The van der Waals surface area contributed by atoms with Gasteiger partial charge >= 0.3 is 11.9 Å². The van der Waals surface area contributed by atoms with Crippen molar-refractivity contribution in [2.24, 2.45) is 0 Å². The Bertz CT molecular complexity index is 1080. The van der Waals surface area contributed by atoms with Crippen LogP contribution in [-0.4, -0.2) is 66.7 Å². The van der Waals surface area contributed by atoms with Gasteiger partial charge in [0.05, 0.1) is 24.0 Å². The van der Waals surface area contributed by atoms with Crippen LogP contribution in [0, 0.1) is 0 Å². The number of rotatable bonds is 16. The molecule has 0 aliphatic heterocycles. The monoisotopic (exact) mass is 539 g/mol. The molecular formula is C29H37N3O7. The van der Waals surface area contributed by atoms with Crippen LogP contribution in [0.5, 0.6) is 0 Å². The van der Waals surface area contributed by atoms with Gasteiger partial charge in [-0.2, -0.15) is 4.98 Å². The summed E-state index contributed by atoms with van der Waals surface area (Å²) in [5.41, 5.74) is -0.267. The highest BCUT2D eigenvalue weighted by Crippen LogP contribution is 2.32. The van der Waals surface area contributed by atoms with E-state index in [-0.39, 0.29) is 26.4 Å². The lowest BCUT2D eigenvalue weighted by atomic mass is 9.79. The molecule has 3 aromatic rings. The van der Waals surface area contributed by atoms with E-state index in [1.54, 1.807) is 0 Å². The van der Waals surface area contributed by atoms with Gasteiger partial charge < -0.3 is 34.7 Å². The van der Waals surface area contributed by atoms with Crippen LogP contribution >= 0.6 is 0 Å². The average Bonchev–Trinajstić information content (AvgIpc) is 3.42. The van der Waals surface area contributed by atoms with Gasteiger partial charge in [-0.3, -0.25) is 9.59 Å². The molecule has 0 saturated carbocycles. The van der Waals surface area contributed by atoms with Crippen molar-refractivity contribution < 1.29 is 33.7 Å². The summed E-state index contributed by atoms with van der Waals surface area (Å²) in [6, 6.07) is 18.7. The zero-order valence-electron chi connectivity index (χ0n) is 22.4. The largest absolute Gasteiger partial charge is 0.463 e. The number of aromatic nitrogens is 1. The van der Waals surface area contributed by atoms with E-state index in [0.717, 1.165) is 11.1 Å². The van der Waals surface area contributed by atoms with Crippen LogP contribution in [0.15, 0.2) is 71.5 Å². The second-order valence-electron chi connectivity index (χ2n) is 9.50. The van der Waals surface area contributed by atoms with Gasteiger partial charge in [-0.15, -0.1) is 0 Å². The summed E-state index contributed by atoms with van der Waals surface area (Å²) in [5, 5.41) is 24.6. The van der Waals surface area contributed by atoms with E-state index in [4.69, 9.17) is 24.1 Å². The van der Waals surface area contributed by atoms with Gasteiger partial charge in [-0.25, -0.2) is 0 Å². The molecule has 0 radical (unpaired) electrons. The second kappa shape index (κ2) is 14.3. The average molecular weight is 540 g/mol. The van der Waals surface area contributed by atoms with E-state index in [2.05, 4.69) is 15.6 Å². The molecule has 10 heteroatoms. The molecule has 210 valence electrons. The highest BCUT2D eigenvalue weighted by Gasteiger charge is 2.37. The maximum absolute atomic E-state index is 12.9. The lowest BCUT2D eigenvalue weighted by molar-refractivity contribution is -0.152. The summed E-state index contributed by atoms with van der Waals surface area (Å²) in [6.07, 6.45) is 2.10. The third kappa shape index (κ3) is 7.58. The minimum absolute atomic E-state index is 0.0680. The number of ether oxygens (including phenoxy) is 2. The van der Waals surface area contributed by atoms with Crippen molar-refractivity contribution in [1.82, 2.24) is 4.98 Å². The fourth-order valence-corrected chi connectivity index (χ4v) is 4.29. The van der Waals surface area contributed by atoms with E-state index >= 15 is 0 Å². The summed E-state index contributed by atoms with van der Waals surface area (Å²) in [4.78, 5) is 30.0. The fourth-order valence-electron chi connectivity index (χ4n) is 4.29. The molecule has 0 spiro atoms. The smallest absolute Gasteiger partial charge is 0.316 e. The number of hydrogen-bond donors (Lipinski definition) is 4. The quantitative estimate of drug-likeness (QED) is 0.200. The van der Waals surface area contributed by atoms with Crippen molar-refractivity contribution in [3.8, 4) is 0 Å². The summed E-state index contributed by atoms with van der Waals surface area (Å²) in [6.45, 7) is 3.75. The Hall–Kier alpha value is -3.89. The van der Waals surface area contributed by atoms with Crippen molar-refractivity contribution in [3.63, 3.8) is 0 Å². The standard InChI is InChI=1S/C29H37N3O7/c1-28(26(35)37-19-17-33,22-9-5-3-6-10-22)13-15-30-24-25(39-21-32-24)31-16-14-29(2,27(36)38-20-18-34)23-11-7-4-8-12-23/h3-12,21,30-31,33-34H,13-20H2,1-2H3. The molecule has 2 aromatic carbocycles.